The first kappa shape index (κ1) is 24.3. The minimum Gasteiger partial charge on any atom is -0.344 e. The van der Waals surface area contributed by atoms with Gasteiger partial charge in [-0.05, 0) is 32.4 Å². The number of rotatable bonds is 9. The fourth-order valence-corrected chi connectivity index (χ4v) is 3.18. The highest BCUT2D eigenvalue weighted by molar-refractivity contribution is 7.57. The summed E-state index contributed by atoms with van der Waals surface area (Å²) in [5, 5.41) is 0. The second-order valence-electron chi connectivity index (χ2n) is 4.41. The van der Waals surface area contributed by atoms with Gasteiger partial charge in [0.15, 0.2) is 7.37 Å². The van der Waals surface area contributed by atoms with E-state index in [0.29, 0.717) is 25.9 Å². The minimum atomic E-state index is -4.01. The molecule has 0 aliphatic carbocycles. The summed E-state index contributed by atoms with van der Waals surface area (Å²) in [5.41, 5.74) is 0. The van der Waals surface area contributed by atoms with Gasteiger partial charge in [-0.15, -0.1) is 0 Å². The van der Waals surface area contributed by atoms with E-state index in [9.17, 15) is 9.13 Å². The summed E-state index contributed by atoms with van der Waals surface area (Å²) in [6.07, 6.45) is 2.14. The molecule has 0 radical (unpaired) electrons. The fourth-order valence-electron chi connectivity index (χ4n) is 1.57. The second-order valence-corrected chi connectivity index (χ2v) is 8.57. The summed E-state index contributed by atoms with van der Waals surface area (Å²) in [4.78, 5) is 28.6. The summed E-state index contributed by atoms with van der Waals surface area (Å²) in [5.74, 6) is 0. The van der Waals surface area contributed by atoms with E-state index >= 15 is 0 Å². The zero-order chi connectivity index (χ0) is 13.5. The lowest BCUT2D eigenvalue weighted by Gasteiger charge is -2.21. The molecule has 0 amide bonds. The van der Waals surface area contributed by atoms with Crippen LogP contribution in [0.15, 0.2) is 0 Å². The predicted octanol–water partition coefficient (Wildman–Crippen LogP) is 2.79. The highest BCUT2D eigenvalue weighted by atomic mass is 31.2. The molecule has 6 nitrogen and oxygen atoms in total. The van der Waals surface area contributed by atoms with Crippen molar-refractivity contribution in [2.24, 2.45) is 0 Å². The molecular weight excluding hydrogens is 288 g/mol. The number of hydrogen-bond donors (Lipinski definition) is 3. The zero-order valence-corrected chi connectivity index (χ0v) is 12.2. The highest BCUT2D eigenvalue weighted by Crippen LogP contribution is 2.37. The average Bonchev–Trinajstić information content (AvgIpc) is 2.08. The molecule has 0 saturated carbocycles. The van der Waals surface area contributed by atoms with Crippen LogP contribution in [0, 0.1) is 0 Å². The van der Waals surface area contributed by atoms with Crippen LogP contribution in [0.2, 0.25) is 0 Å². The van der Waals surface area contributed by atoms with Crippen LogP contribution >= 0.6 is 15.0 Å². The van der Waals surface area contributed by atoms with Gasteiger partial charge in [0.25, 0.3) is 0 Å². The van der Waals surface area contributed by atoms with Crippen molar-refractivity contribution in [1.29, 1.82) is 0 Å². The van der Waals surface area contributed by atoms with E-state index in [2.05, 4.69) is 0 Å². The molecule has 0 aromatic carbocycles. The van der Waals surface area contributed by atoms with E-state index in [1.807, 2.05) is 6.92 Å². The molecule has 8 heteroatoms. The van der Waals surface area contributed by atoms with Gasteiger partial charge >= 0.3 is 7.60 Å². The monoisotopic (exact) mass is 319 g/mol. The normalized spacial score (nSPS) is 14.4. The number of hydrogen-bond acceptors (Lipinski definition) is 3. The van der Waals surface area contributed by atoms with Crippen molar-refractivity contribution in [3.63, 3.8) is 0 Å². The van der Waals surface area contributed by atoms with Gasteiger partial charge in [0, 0.05) is 12.8 Å². The molecule has 0 heterocycles. The van der Waals surface area contributed by atoms with Crippen molar-refractivity contribution in [1.82, 2.24) is 4.90 Å². The maximum atomic E-state index is 11.0. The quantitative estimate of drug-likeness (QED) is 0.446. The van der Waals surface area contributed by atoms with Crippen LogP contribution in [0.25, 0.3) is 0 Å². The van der Waals surface area contributed by atoms with Crippen molar-refractivity contribution in [3.05, 3.63) is 0 Å². The summed E-state index contributed by atoms with van der Waals surface area (Å²) < 4.78 is 21.9. The van der Waals surface area contributed by atoms with Crippen LogP contribution < -0.4 is 0 Å². The van der Waals surface area contributed by atoms with E-state index < -0.39 is 15.0 Å². The first-order valence-electron chi connectivity index (χ1n) is 5.70. The van der Waals surface area contributed by atoms with Crippen LogP contribution in [0.4, 0.5) is 0 Å². The lowest BCUT2D eigenvalue weighted by molar-refractivity contribution is 0.272. The van der Waals surface area contributed by atoms with E-state index in [0.717, 1.165) is 6.42 Å². The van der Waals surface area contributed by atoms with Crippen molar-refractivity contribution < 1.29 is 23.8 Å². The second kappa shape index (κ2) is 11.0. The molecule has 19 heavy (non-hydrogen) atoms. The Morgan fingerprint density at radius 1 is 1.00 bits per heavy atom. The Balaban J connectivity index is -0.00000128. The molecular formula is C11H31NO5P2. The van der Waals surface area contributed by atoms with E-state index in [4.69, 9.17) is 14.7 Å². The van der Waals surface area contributed by atoms with Gasteiger partial charge in [-0.3, -0.25) is 14.0 Å². The van der Waals surface area contributed by atoms with Crippen LogP contribution in [-0.2, 0) is 9.13 Å². The lowest BCUT2D eigenvalue weighted by atomic mass is 10.3. The van der Waals surface area contributed by atoms with Gasteiger partial charge in [-0.25, -0.2) is 0 Å². The van der Waals surface area contributed by atoms with Gasteiger partial charge in [0.1, 0.15) is 6.29 Å². The Morgan fingerprint density at radius 3 is 1.89 bits per heavy atom. The molecule has 0 saturated heterocycles. The van der Waals surface area contributed by atoms with Crippen LogP contribution in [-0.4, -0.2) is 51.8 Å². The van der Waals surface area contributed by atoms with Crippen LogP contribution in [0.1, 0.15) is 41.0 Å². The Kier molecular flexibility index (Phi) is 14.1. The average molecular weight is 319 g/mol. The van der Waals surface area contributed by atoms with E-state index in [-0.39, 0.29) is 27.3 Å². The smallest absolute Gasteiger partial charge is 0.339 e. The largest absolute Gasteiger partial charge is 0.344 e. The molecule has 1 atom stereocenters. The van der Waals surface area contributed by atoms with Crippen molar-refractivity contribution >= 4 is 15.0 Å². The van der Waals surface area contributed by atoms with Gasteiger partial charge in [-0.2, -0.15) is 0 Å². The number of unbranched alkanes of at least 4 members (excludes halogenated alkanes) is 1. The van der Waals surface area contributed by atoms with E-state index in [1.54, 1.807) is 4.90 Å². The molecule has 0 aliphatic rings. The van der Waals surface area contributed by atoms with Crippen molar-refractivity contribution in [2.75, 3.05) is 32.2 Å². The van der Waals surface area contributed by atoms with E-state index in [1.165, 1.54) is 6.66 Å². The van der Waals surface area contributed by atoms with Crippen molar-refractivity contribution in [3.8, 4) is 0 Å². The molecule has 0 rings (SSSR count). The fraction of sp³-hybridized carbons (Fsp3) is 1.00. The maximum Gasteiger partial charge on any atom is 0.339 e. The van der Waals surface area contributed by atoms with Gasteiger partial charge in [-0.1, -0.05) is 21.8 Å². The highest BCUT2D eigenvalue weighted by Gasteiger charge is 2.18. The first-order valence-corrected chi connectivity index (χ1v) is 9.79. The van der Waals surface area contributed by atoms with Crippen LogP contribution in [0.5, 0.6) is 0 Å². The molecule has 0 aromatic heterocycles. The lowest BCUT2D eigenvalue weighted by Crippen LogP contribution is -2.27. The van der Waals surface area contributed by atoms with Crippen LogP contribution in [0.3, 0.4) is 0 Å². The SMILES string of the molecule is C.C.CCCN(CCCCP(C)(=O)O)CP(=O)(O)O. The molecule has 0 fully saturated rings. The molecule has 0 spiro atoms. The molecule has 120 valence electrons. The summed E-state index contributed by atoms with van der Waals surface area (Å²) >= 11 is 0. The predicted molar refractivity (Wildman–Crippen MR) is 82.1 cm³/mol. The minimum absolute atomic E-state index is 0. The Hall–Kier alpha value is 0.300. The third-order valence-corrected chi connectivity index (χ3v) is 4.14. The van der Waals surface area contributed by atoms with Crippen molar-refractivity contribution in [2.45, 2.75) is 41.0 Å². The molecule has 0 aromatic rings. The van der Waals surface area contributed by atoms with Gasteiger partial charge < -0.3 is 14.7 Å². The molecule has 1 unspecified atom stereocenters. The third-order valence-electron chi connectivity index (χ3n) is 2.22. The maximum absolute atomic E-state index is 11.0. The summed E-state index contributed by atoms with van der Waals surface area (Å²) in [6.45, 7) is 4.46. The van der Waals surface area contributed by atoms with Gasteiger partial charge in [0.05, 0.1) is 0 Å². The summed E-state index contributed by atoms with van der Waals surface area (Å²) in [6, 6.07) is 0. The third kappa shape index (κ3) is 18.3. The summed E-state index contributed by atoms with van der Waals surface area (Å²) in [7, 11) is -6.97. The zero-order valence-electron chi connectivity index (χ0n) is 10.4. The number of nitrogens with zero attached hydrogens (tertiary/aromatic N) is 1. The molecule has 0 aliphatic heterocycles. The van der Waals surface area contributed by atoms with Gasteiger partial charge in [0.2, 0.25) is 0 Å². The topological polar surface area (TPSA) is 98.1 Å². The Bertz CT molecular complexity index is 299. The first-order chi connectivity index (χ1) is 7.64. The molecule has 0 bridgehead atoms. The Labute approximate surface area is 117 Å². The Morgan fingerprint density at radius 2 is 1.53 bits per heavy atom. The standard InChI is InChI=1S/C9H23NO5P2.2CH4/c1-3-6-10(9-17(13,14)15)7-4-5-8-16(2,11)12;;/h3-9H2,1-2H3,(H,11,12)(H2,13,14,15);2*1H4. The molecule has 3 N–H and O–H groups in total.